The fourth-order valence-corrected chi connectivity index (χ4v) is 1.95. The molecule has 0 amide bonds. The van der Waals surface area contributed by atoms with Gasteiger partial charge in [-0.2, -0.15) is 0 Å². The Hall–Kier alpha value is -3.20. The summed E-state index contributed by atoms with van der Waals surface area (Å²) in [5, 5.41) is 11.1. The monoisotopic (exact) mass is 292 g/mol. The molecule has 0 spiro atoms. The predicted molar refractivity (Wildman–Crippen MR) is 91.6 cm³/mol. The van der Waals surface area contributed by atoms with Gasteiger partial charge >= 0.3 is 0 Å². The van der Waals surface area contributed by atoms with E-state index in [1.165, 1.54) is 35.6 Å². The zero-order valence-corrected chi connectivity index (χ0v) is 12.5. The van der Waals surface area contributed by atoms with Crippen LogP contribution >= 0.6 is 0 Å². The molecule has 0 heterocycles. The standard InChI is InChI=1S/C14H10.2CH3N3/c1-3-7-13-11(5-1)9-10-12-6-2-4-8-14(12)13;2*1-3-4-2/h1-10H;2*1H3. The first kappa shape index (κ1) is 16.9. The number of rotatable bonds is 0. The molecule has 0 aliphatic carbocycles. The number of benzene rings is 3. The first-order valence-electron chi connectivity index (χ1n) is 6.51. The summed E-state index contributed by atoms with van der Waals surface area (Å²) in [6.07, 6.45) is 0. The van der Waals surface area contributed by atoms with E-state index in [-0.39, 0.29) is 0 Å². The van der Waals surface area contributed by atoms with Crippen molar-refractivity contribution in [3.63, 3.8) is 0 Å². The minimum Gasteiger partial charge on any atom is -0.0973 e. The van der Waals surface area contributed by atoms with Gasteiger partial charge in [0.15, 0.2) is 0 Å². The summed E-state index contributed by atoms with van der Waals surface area (Å²) < 4.78 is 0. The maximum absolute atomic E-state index is 7.33. The molecule has 3 rings (SSSR count). The summed E-state index contributed by atoms with van der Waals surface area (Å²) in [6, 6.07) is 21.4. The second-order valence-electron chi connectivity index (χ2n) is 4.09. The van der Waals surface area contributed by atoms with Crippen LogP contribution in [0.5, 0.6) is 0 Å². The van der Waals surface area contributed by atoms with Crippen molar-refractivity contribution in [2.75, 3.05) is 14.1 Å². The van der Waals surface area contributed by atoms with Crippen LogP contribution < -0.4 is 0 Å². The van der Waals surface area contributed by atoms with E-state index < -0.39 is 0 Å². The van der Waals surface area contributed by atoms with Gasteiger partial charge in [0.2, 0.25) is 0 Å². The van der Waals surface area contributed by atoms with Gasteiger partial charge in [0.25, 0.3) is 0 Å². The predicted octanol–water partition coefficient (Wildman–Crippen LogP) is 5.85. The molecule has 0 fully saturated rings. The van der Waals surface area contributed by atoms with Gasteiger partial charge in [-0.1, -0.05) is 70.9 Å². The van der Waals surface area contributed by atoms with Gasteiger partial charge in [-0.05, 0) is 32.6 Å². The largest absolute Gasteiger partial charge is 0.0973 e. The molecule has 6 heteroatoms. The summed E-state index contributed by atoms with van der Waals surface area (Å²) in [5.41, 5.74) is 14.7. The lowest BCUT2D eigenvalue weighted by atomic mass is 10.0. The maximum atomic E-state index is 7.33. The van der Waals surface area contributed by atoms with Crippen LogP contribution in [0.2, 0.25) is 0 Å². The molecule has 3 aromatic rings. The third-order valence-electron chi connectivity index (χ3n) is 2.83. The Bertz CT molecular complexity index is 759. The lowest BCUT2D eigenvalue weighted by Gasteiger charge is -2.02. The Morgan fingerprint density at radius 3 is 1.27 bits per heavy atom. The van der Waals surface area contributed by atoms with Crippen LogP contribution in [0.4, 0.5) is 0 Å². The SMILES string of the molecule is CN=[N+]=[N-].CN=[N+]=[N-].c1ccc2c(c1)ccc1ccccc12. The van der Waals surface area contributed by atoms with Crippen molar-refractivity contribution in [3.8, 4) is 0 Å². The fraction of sp³-hybridized carbons (Fsp3) is 0.125. The highest BCUT2D eigenvalue weighted by Gasteiger charge is 1.97. The first-order valence-corrected chi connectivity index (χ1v) is 6.51. The van der Waals surface area contributed by atoms with Crippen LogP contribution in [0.1, 0.15) is 0 Å². The quantitative estimate of drug-likeness (QED) is 0.215. The highest BCUT2D eigenvalue weighted by atomic mass is 15.1. The van der Waals surface area contributed by atoms with Crippen molar-refractivity contribution in [3.05, 3.63) is 81.5 Å². The number of azide groups is 2. The molecular weight excluding hydrogens is 276 g/mol. The summed E-state index contributed by atoms with van der Waals surface area (Å²) in [4.78, 5) is 4.72. The van der Waals surface area contributed by atoms with Crippen molar-refractivity contribution in [1.82, 2.24) is 0 Å². The van der Waals surface area contributed by atoms with Gasteiger partial charge in [-0.25, -0.2) is 0 Å². The molecule has 0 bridgehead atoms. The molecule has 0 atom stereocenters. The average molecular weight is 292 g/mol. The molecule has 0 aliphatic rings. The van der Waals surface area contributed by atoms with Crippen LogP contribution in [0.3, 0.4) is 0 Å². The van der Waals surface area contributed by atoms with Crippen LogP contribution in [-0.2, 0) is 0 Å². The molecule has 0 N–H and O–H groups in total. The third-order valence-corrected chi connectivity index (χ3v) is 2.83. The summed E-state index contributed by atoms with van der Waals surface area (Å²) in [5.74, 6) is 0. The minimum atomic E-state index is 1.31. The van der Waals surface area contributed by atoms with E-state index in [2.05, 4.69) is 80.7 Å². The summed E-state index contributed by atoms with van der Waals surface area (Å²) in [6.45, 7) is 0. The number of nitrogens with zero attached hydrogens (tertiary/aromatic N) is 6. The Morgan fingerprint density at radius 2 is 0.955 bits per heavy atom. The molecule has 6 nitrogen and oxygen atoms in total. The highest BCUT2D eigenvalue weighted by molar-refractivity contribution is 6.07. The van der Waals surface area contributed by atoms with E-state index in [4.69, 9.17) is 11.1 Å². The lowest BCUT2D eigenvalue weighted by molar-refractivity contribution is 1.40. The van der Waals surface area contributed by atoms with Gasteiger partial charge in [0.05, 0.1) is 0 Å². The van der Waals surface area contributed by atoms with Crippen molar-refractivity contribution < 1.29 is 0 Å². The molecule has 110 valence electrons. The molecular formula is C16H16N6. The first-order chi connectivity index (χ1) is 10.8. The van der Waals surface area contributed by atoms with E-state index >= 15 is 0 Å². The zero-order chi connectivity index (χ0) is 16.2. The summed E-state index contributed by atoms with van der Waals surface area (Å²) in [7, 11) is 2.78. The zero-order valence-electron chi connectivity index (χ0n) is 12.5. The molecule has 22 heavy (non-hydrogen) atoms. The van der Waals surface area contributed by atoms with E-state index in [1.807, 2.05) is 0 Å². The van der Waals surface area contributed by atoms with Crippen LogP contribution in [0.25, 0.3) is 42.4 Å². The van der Waals surface area contributed by atoms with Gasteiger partial charge < -0.3 is 0 Å². The second kappa shape index (κ2) is 9.66. The van der Waals surface area contributed by atoms with Gasteiger partial charge in [-0.3, -0.25) is 0 Å². The maximum Gasteiger partial charge on any atom is 0.0139 e. The second-order valence-corrected chi connectivity index (χ2v) is 4.09. The molecule has 0 unspecified atom stereocenters. The molecule has 0 radical (unpaired) electrons. The smallest absolute Gasteiger partial charge is 0.0139 e. The Kier molecular flexibility index (Phi) is 7.40. The third kappa shape index (κ3) is 4.72. The Morgan fingerprint density at radius 1 is 0.636 bits per heavy atom. The van der Waals surface area contributed by atoms with Gasteiger partial charge in [-0.15, -0.1) is 0 Å². The molecule has 0 aliphatic heterocycles. The van der Waals surface area contributed by atoms with Crippen LogP contribution in [-0.4, -0.2) is 14.1 Å². The van der Waals surface area contributed by atoms with Gasteiger partial charge in [0.1, 0.15) is 0 Å². The molecule has 0 saturated carbocycles. The van der Waals surface area contributed by atoms with Crippen molar-refractivity contribution >= 4 is 21.5 Å². The van der Waals surface area contributed by atoms with Crippen LogP contribution in [0, 0.1) is 0 Å². The minimum absolute atomic E-state index is 1.31. The number of hydrogen-bond donors (Lipinski definition) is 0. The van der Waals surface area contributed by atoms with E-state index in [0.717, 1.165) is 0 Å². The van der Waals surface area contributed by atoms with E-state index in [1.54, 1.807) is 0 Å². The normalized spacial score (nSPS) is 8.45. The van der Waals surface area contributed by atoms with E-state index in [9.17, 15) is 0 Å². The van der Waals surface area contributed by atoms with Crippen LogP contribution in [0.15, 0.2) is 70.9 Å². The Balaban J connectivity index is 0.000000257. The highest BCUT2D eigenvalue weighted by Crippen LogP contribution is 2.24. The van der Waals surface area contributed by atoms with Gasteiger partial charge in [0, 0.05) is 23.9 Å². The van der Waals surface area contributed by atoms with Crippen molar-refractivity contribution in [1.29, 1.82) is 0 Å². The molecule has 3 aromatic carbocycles. The summed E-state index contributed by atoms with van der Waals surface area (Å²) >= 11 is 0. The molecule has 0 aromatic heterocycles. The van der Waals surface area contributed by atoms with E-state index in [0.29, 0.717) is 0 Å². The fourth-order valence-electron chi connectivity index (χ4n) is 1.95. The number of hydrogen-bond acceptors (Lipinski definition) is 2. The van der Waals surface area contributed by atoms with Crippen molar-refractivity contribution in [2.45, 2.75) is 0 Å². The van der Waals surface area contributed by atoms with Crippen molar-refractivity contribution in [2.24, 2.45) is 10.2 Å². The molecule has 0 saturated heterocycles. The lowest BCUT2D eigenvalue weighted by Crippen LogP contribution is -1.75. The average Bonchev–Trinajstić information content (AvgIpc) is 2.62. The Labute approximate surface area is 128 Å². The topological polar surface area (TPSA) is 97.5 Å². The number of fused-ring (bicyclic) bond motifs is 3.